The normalized spacial score (nSPS) is 17.0. The molecule has 10 heavy (non-hydrogen) atoms. The van der Waals surface area contributed by atoms with Crippen LogP contribution < -0.4 is 0 Å². The molecule has 3 heteroatoms. The average Bonchev–Trinajstić information content (AvgIpc) is 1.88. The highest BCUT2D eigenvalue weighted by atomic mass is 79.9. The van der Waals surface area contributed by atoms with Gasteiger partial charge in [0.05, 0.1) is 4.61 Å². The van der Waals surface area contributed by atoms with Gasteiger partial charge in [-0.2, -0.15) is 0 Å². The zero-order chi connectivity index (χ0) is 7.56. The van der Waals surface area contributed by atoms with Crippen molar-refractivity contribution < 1.29 is 4.79 Å². The quantitative estimate of drug-likeness (QED) is 0.547. The van der Waals surface area contributed by atoms with Gasteiger partial charge in [-0.25, -0.2) is 0 Å². The predicted molar refractivity (Wildman–Crippen MR) is 43.5 cm³/mol. The Balaban J connectivity index is 2.73. The van der Waals surface area contributed by atoms with Crippen LogP contribution in [0.1, 0.15) is 6.92 Å². The first-order valence-electron chi connectivity index (χ1n) is 3.02. The van der Waals surface area contributed by atoms with E-state index in [1.807, 2.05) is 18.2 Å². The monoisotopic (exact) mass is 201 g/mol. The van der Waals surface area contributed by atoms with E-state index in [4.69, 9.17) is 0 Å². The maximum Gasteiger partial charge on any atom is 0.224 e. The summed E-state index contributed by atoms with van der Waals surface area (Å²) in [6.45, 7) is 2.22. The summed E-state index contributed by atoms with van der Waals surface area (Å²) in [7, 11) is 0. The van der Waals surface area contributed by atoms with Gasteiger partial charge in [-0.1, -0.05) is 12.2 Å². The number of hydrogen-bond donors (Lipinski definition) is 0. The van der Waals surface area contributed by atoms with Crippen molar-refractivity contribution in [3.05, 3.63) is 22.8 Å². The molecule has 1 heterocycles. The van der Waals surface area contributed by atoms with Gasteiger partial charge >= 0.3 is 0 Å². The number of allylic oxidation sites excluding steroid dienone is 2. The van der Waals surface area contributed by atoms with Crippen LogP contribution in [0.2, 0.25) is 0 Å². The molecule has 54 valence electrons. The smallest absolute Gasteiger partial charge is 0.224 e. The molecule has 1 rings (SSSR count). The highest BCUT2D eigenvalue weighted by Gasteiger charge is 2.10. The summed E-state index contributed by atoms with van der Waals surface area (Å²) >= 11 is 3.27. The lowest BCUT2D eigenvalue weighted by molar-refractivity contribution is -0.126. The average molecular weight is 202 g/mol. The van der Waals surface area contributed by atoms with E-state index in [1.54, 1.807) is 11.8 Å². The Kier molecular flexibility index (Phi) is 2.27. The lowest BCUT2D eigenvalue weighted by atomic mass is 10.3. The van der Waals surface area contributed by atoms with E-state index >= 15 is 0 Å². The number of halogens is 1. The minimum atomic E-state index is 0.0625. The van der Waals surface area contributed by atoms with E-state index in [1.165, 1.54) is 0 Å². The van der Waals surface area contributed by atoms with Crippen molar-refractivity contribution in [2.75, 3.05) is 6.54 Å². The summed E-state index contributed by atoms with van der Waals surface area (Å²) in [5, 5.41) is 0. The summed E-state index contributed by atoms with van der Waals surface area (Å²) in [6, 6.07) is 0. The number of amides is 1. The summed E-state index contributed by atoms with van der Waals surface area (Å²) in [4.78, 5) is 12.5. The third-order valence-electron chi connectivity index (χ3n) is 1.30. The molecule has 0 saturated carbocycles. The van der Waals surface area contributed by atoms with Crippen molar-refractivity contribution in [3.63, 3.8) is 0 Å². The van der Waals surface area contributed by atoms with E-state index in [2.05, 4.69) is 15.9 Å². The van der Waals surface area contributed by atoms with Gasteiger partial charge < -0.3 is 4.90 Å². The summed E-state index contributed by atoms with van der Waals surface area (Å²) in [5.41, 5.74) is 0. The number of nitrogens with zero attached hydrogens (tertiary/aromatic N) is 1. The first-order valence-corrected chi connectivity index (χ1v) is 3.81. The van der Waals surface area contributed by atoms with Gasteiger partial charge in [0.25, 0.3) is 0 Å². The zero-order valence-corrected chi connectivity index (χ0v) is 7.26. The zero-order valence-electron chi connectivity index (χ0n) is 5.67. The van der Waals surface area contributed by atoms with Crippen LogP contribution >= 0.6 is 15.9 Å². The van der Waals surface area contributed by atoms with Gasteiger partial charge in [0.1, 0.15) is 0 Å². The van der Waals surface area contributed by atoms with Crippen LogP contribution in [0.3, 0.4) is 0 Å². The Labute approximate surface area is 68.3 Å². The maximum atomic E-state index is 10.8. The molecule has 0 saturated heterocycles. The highest BCUT2D eigenvalue weighted by Crippen LogP contribution is 2.15. The van der Waals surface area contributed by atoms with E-state index in [9.17, 15) is 4.79 Å². The second-order valence-corrected chi connectivity index (χ2v) is 2.86. The Morgan fingerprint density at radius 2 is 2.50 bits per heavy atom. The Morgan fingerprint density at radius 1 is 1.80 bits per heavy atom. The largest absolute Gasteiger partial charge is 0.303 e. The van der Waals surface area contributed by atoms with E-state index in [0.29, 0.717) is 6.54 Å². The predicted octanol–water partition coefficient (Wildman–Crippen LogP) is 1.64. The van der Waals surface area contributed by atoms with Crippen molar-refractivity contribution in [1.29, 1.82) is 0 Å². The second-order valence-electron chi connectivity index (χ2n) is 2.05. The van der Waals surface area contributed by atoms with Gasteiger partial charge in [0.15, 0.2) is 0 Å². The fourth-order valence-electron chi connectivity index (χ4n) is 0.770. The molecule has 0 aromatic heterocycles. The maximum absolute atomic E-state index is 10.8. The molecule has 0 bridgehead atoms. The van der Waals surface area contributed by atoms with E-state index in [-0.39, 0.29) is 5.91 Å². The molecule has 1 aliphatic rings. The Morgan fingerprint density at radius 3 is 2.90 bits per heavy atom. The van der Waals surface area contributed by atoms with Crippen molar-refractivity contribution in [1.82, 2.24) is 4.90 Å². The summed E-state index contributed by atoms with van der Waals surface area (Å²) in [5.74, 6) is 0.0625. The third kappa shape index (κ3) is 1.48. The molecule has 0 aliphatic carbocycles. The van der Waals surface area contributed by atoms with Crippen molar-refractivity contribution in [2.45, 2.75) is 6.92 Å². The molecule has 2 nitrogen and oxygen atoms in total. The standard InChI is InChI=1S/C7H8BrNO/c1-6(10)9-5-3-2-4-7(9)8/h2-4H,5H2,1H3. The number of hydrogen-bond acceptors (Lipinski definition) is 1. The topological polar surface area (TPSA) is 20.3 Å². The van der Waals surface area contributed by atoms with Crippen LogP contribution in [0, 0.1) is 0 Å². The fourth-order valence-corrected chi connectivity index (χ4v) is 1.32. The van der Waals surface area contributed by atoms with Gasteiger partial charge in [-0.05, 0) is 22.0 Å². The Bertz CT molecular complexity index is 208. The van der Waals surface area contributed by atoms with Gasteiger partial charge in [-0.3, -0.25) is 4.79 Å². The van der Waals surface area contributed by atoms with E-state index in [0.717, 1.165) is 4.61 Å². The SMILES string of the molecule is CC(=O)N1CC=CC=C1Br. The van der Waals surface area contributed by atoms with Gasteiger partial charge in [0, 0.05) is 13.5 Å². The van der Waals surface area contributed by atoms with Crippen LogP contribution in [0.5, 0.6) is 0 Å². The van der Waals surface area contributed by atoms with Crippen molar-refractivity contribution in [2.24, 2.45) is 0 Å². The first kappa shape index (κ1) is 7.54. The summed E-state index contributed by atoms with van der Waals surface area (Å²) < 4.78 is 0.836. The molecule has 0 aromatic rings. The molecule has 1 amide bonds. The Hall–Kier alpha value is -0.570. The van der Waals surface area contributed by atoms with Crippen LogP contribution in [0.25, 0.3) is 0 Å². The minimum absolute atomic E-state index is 0.0625. The van der Waals surface area contributed by atoms with Crippen LogP contribution in [-0.2, 0) is 4.79 Å². The molecule has 0 fully saturated rings. The van der Waals surface area contributed by atoms with Crippen LogP contribution in [0.15, 0.2) is 22.8 Å². The second kappa shape index (κ2) is 3.01. The summed E-state index contributed by atoms with van der Waals surface area (Å²) in [6.07, 6.45) is 5.71. The number of rotatable bonds is 0. The van der Waals surface area contributed by atoms with Crippen LogP contribution in [0.4, 0.5) is 0 Å². The molecule has 0 spiro atoms. The first-order chi connectivity index (χ1) is 4.72. The van der Waals surface area contributed by atoms with Crippen LogP contribution in [-0.4, -0.2) is 17.4 Å². The molecular weight excluding hydrogens is 194 g/mol. The molecule has 1 aliphatic heterocycles. The highest BCUT2D eigenvalue weighted by molar-refractivity contribution is 9.11. The number of carbonyl (C=O) groups excluding carboxylic acids is 1. The van der Waals surface area contributed by atoms with Crippen molar-refractivity contribution >= 4 is 21.8 Å². The lowest BCUT2D eigenvalue weighted by Crippen LogP contribution is -2.26. The molecule has 0 aromatic carbocycles. The molecule has 0 atom stereocenters. The lowest BCUT2D eigenvalue weighted by Gasteiger charge is -2.20. The van der Waals surface area contributed by atoms with Gasteiger partial charge in [-0.15, -0.1) is 0 Å². The fraction of sp³-hybridized carbons (Fsp3) is 0.286. The van der Waals surface area contributed by atoms with Gasteiger partial charge in [0.2, 0.25) is 5.91 Å². The minimum Gasteiger partial charge on any atom is -0.303 e. The van der Waals surface area contributed by atoms with Crippen molar-refractivity contribution in [3.8, 4) is 0 Å². The molecule has 0 radical (unpaired) electrons. The molecule has 0 unspecified atom stereocenters. The molecule has 0 N–H and O–H groups in total. The molecular formula is C7H8BrNO. The third-order valence-corrected chi connectivity index (χ3v) is 1.99. The number of carbonyl (C=O) groups is 1. The van der Waals surface area contributed by atoms with E-state index < -0.39 is 0 Å².